The predicted molar refractivity (Wildman–Crippen MR) is 99.0 cm³/mol. The molecule has 3 rings (SSSR count). The molecule has 3 heterocycles. The summed E-state index contributed by atoms with van der Waals surface area (Å²) in [6.45, 7) is 3.67. The normalized spacial score (nSPS) is 10.8. The minimum absolute atomic E-state index is 0.232. The molecule has 0 aliphatic rings. The van der Waals surface area contributed by atoms with Gasteiger partial charge in [-0.25, -0.2) is 9.66 Å². The third kappa shape index (κ3) is 3.77. The molecule has 0 radical (unpaired) electrons. The van der Waals surface area contributed by atoms with Crippen molar-refractivity contribution in [3.63, 3.8) is 0 Å². The number of thiophene rings is 2. The molecule has 0 spiro atoms. The van der Waals surface area contributed by atoms with Gasteiger partial charge in [-0.2, -0.15) is 0 Å². The first-order valence-corrected chi connectivity index (χ1v) is 9.25. The van der Waals surface area contributed by atoms with Crippen molar-refractivity contribution in [1.29, 1.82) is 0 Å². The van der Waals surface area contributed by atoms with E-state index in [9.17, 15) is 14.4 Å². The molecule has 2 N–H and O–H groups in total. The Kier molecular flexibility index (Phi) is 4.95. The lowest BCUT2D eigenvalue weighted by atomic mass is 10.3. The van der Waals surface area contributed by atoms with Gasteiger partial charge < -0.3 is 5.32 Å². The summed E-state index contributed by atoms with van der Waals surface area (Å²) >= 11 is 2.81. The summed E-state index contributed by atoms with van der Waals surface area (Å²) in [6.07, 6.45) is 2.10. The summed E-state index contributed by atoms with van der Waals surface area (Å²) in [7, 11) is 0. The van der Waals surface area contributed by atoms with E-state index in [4.69, 9.17) is 0 Å². The molecule has 0 atom stereocenters. The number of amides is 2. The lowest BCUT2D eigenvalue weighted by Crippen LogP contribution is -2.39. The fraction of sp³-hybridized carbons (Fsp3) is 0.250. The van der Waals surface area contributed by atoms with E-state index in [1.165, 1.54) is 29.0 Å². The first-order chi connectivity index (χ1) is 12.0. The molecule has 0 aliphatic carbocycles. The second-order valence-electron chi connectivity index (χ2n) is 5.33. The third-order valence-corrected chi connectivity index (χ3v) is 5.66. The average molecular weight is 376 g/mol. The highest BCUT2D eigenvalue weighted by Gasteiger charge is 2.12. The predicted octanol–water partition coefficient (Wildman–Crippen LogP) is 1.89. The Labute approximate surface area is 151 Å². The van der Waals surface area contributed by atoms with E-state index < -0.39 is 5.91 Å². The van der Waals surface area contributed by atoms with E-state index in [1.807, 2.05) is 19.9 Å². The minimum atomic E-state index is -0.504. The smallest absolute Gasteiger partial charge is 0.280 e. The van der Waals surface area contributed by atoms with Crippen molar-refractivity contribution in [2.75, 3.05) is 12.0 Å². The highest BCUT2D eigenvalue weighted by Crippen LogP contribution is 2.20. The molecule has 3 aromatic rings. The monoisotopic (exact) mass is 376 g/mol. The van der Waals surface area contributed by atoms with Crippen LogP contribution in [-0.4, -0.2) is 28.0 Å². The maximum absolute atomic E-state index is 12.4. The highest BCUT2D eigenvalue weighted by atomic mass is 32.1. The molecule has 0 saturated heterocycles. The summed E-state index contributed by atoms with van der Waals surface area (Å²) in [6, 6.07) is 5.34. The lowest BCUT2D eigenvalue weighted by molar-refractivity contribution is -0.116. The van der Waals surface area contributed by atoms with Gasteiger partial charge in [0.15, 0.2) is 0 Å². The number of nitrogens with zero attached hydrogens (tertiary/aromatic N) is 2. The Morgan fingerprint density at radius 3 is 2.76 bits per heavy atom. The van der Waals surface area contributed by atoms with Crippen molar-refractivity contribution in [2.45, 2.75) is 20.3 Å². The summed E-state index contributed by atoms with van der Waals surface area (Å²) in [5.74, 6) is -0.824. The van der Waals surface area contributed by atoms with E-state index in [1.54, 1.807) is 12.1 Å². The van der Waals surface area contributed by atoms with Gasteiger partial charge in [-0.3, -0.25) is 19.8 Å². The van der Waals surface area contributed by atoms with Crippen LogP contribution >= 0.6 is 22.7 Å². The number of hydrogen-bond acceptors (Lipinski definition) is 6. The van der Waals surface area contributed by atoms with E-state index in [0.717, 1.165) is 20.9 Å². The molecule has 0 saturated carbocycles. The molecule has 2 amide bonds. The third-order valence-electron chi connectivity index (χ3n) is 3.47. The number of hydrogen-bond donors (Lipinski definition) is 2. The van der Waals surface area contributed by atoms with Crippen LogP contribution in [0.2, 0.25) is 0 Å². The zero-order valence-electron chi connectivity index (χ0n) is 13.7. The lowest BCUT2D eigenvalue weighted by Gasteiger charge is -2.08. The molecule has 0 aliphatic heterocycles. The van der Waals surface area contributed by atoms with Crippen molar-refractivity contribution in [3.8, 4) is 0 Å². The van der Waals surface area contributed by atoms with Crippen LogP contribution in [0.5, 0.6) is 0 Å². The number of carbonyl (C=O) groups excluding carboxylic acids is 2. The maximum atomic E-state index is 12.4. The number of aromatic nitrogens is 2. The fourth-order valence-electron chi connectivity index (χ4n) is 2.20. The Hall–Kier alpha value is -2.52. The first-order valence-electron chi connectivity index (χ1n) is 7.62. The van der Waals surface area contributed by atoms with Gasteiger partial charge in [-0.1, -0.05) is 6.92 Å². The van der Waals surface area contributed by atoms with E-state index >= 15 is 0 Å². The molecular formula is C16H16N4O3S2. The quantitative estimate of drug-likeness (QED) is 0.711. The van der Waals surface area contributed by atoms with Crippen LogP contribution in [0.15, 0.2) is 29.3 Å². The number of aryl methyl sites for hydroxylation is 2. The molecular weight excluding hydrogens is 360 g/mol. The van der Waals surface area contributed by atoms with Crippen molar-refractivity contribution < 1.29 is 9.59 Å². The summed E-state index contributed by atoms with van der Waals surface area (Å²) < 4.78 is 1.04. The SMILES string of the molecule is CCc1cc2c(=O)n(NC(=O)CNC(=O)c3ccc(C)s3)cnc2s1. The Morgan fingerprint density at radius 1 is 1.28 bits per heavy atom. The second-order valence-corrected chi connectivity index (χ2v) is 7.74. The van der Waals surface area contributed by atoms with Gasteiger partial charge in [-0.15, -0.1) is 22.7 Å². The Morgan fingerprint density at radius 2 is 2.08 bits per heavy atom. The second kappa shape index (κ2) is 7.16. The van der Waals surface area contributed by atoms with E-state index in [2.05, 4.69) is 15.7 Å². The summed E-state index contributed by atoms with van der Waals surface area (Å²) in [5.41, 5.74) is 2.10. The Balaban J connectivity index is 1.66. The van der Waals surface area contributed by atoms with Crippen molar-refractivity contribution in [2.24, 2.45) is 0 Å². The molecule has 3 aromatic heterocycles. The number of nitrogens with one attached hydrogen (secondary N) is 2. The first kappa shape index (κ1) is 17.3. The van der Waals surface area contributed by atoms with Gasteiger partial charge in [0.05, 0.1) is 16.8 Å². The molecule has 0 unspecified atom stereocenters. The standard InChI is InChI=1S/C16H16N4O3S2/c1-3-10-6-11-15(25-10)18-8-20(16(11)23)19-13(21)7-17-14(22)12-5-4-9(2)24-12/h4-6,8H,3,7H2,1-2H3,(H,17,22)(H,19,21). The topological polar surface area (TPSA) is 93.1 Å². The largest absolute Gasteiger partial charge is 0.342 e. The van der Waals surface area contributed by atoms with Gasteiger partial charge in [0.2, 0.25) is 0 Å². The molecule has 0 bridgehead atoms. The van der Waals surface area contributed by atoms with Crippen molar-refractivity contribution >= 4 is 44.7 Å². The molecule has 7 nitrogen and oxygen atoms in total. The molecule has 130 valence electrons. The maximum Gasteiger partial charge on any atom is 0.280 e. The van der Waals surface area contributed by atoms with Gasteiger partial charge >= 0.3 is 0 Å². The van der Waals surface area contributed by atoms with Crippen LogP contribution in [0.25, 0.3) is 10.2 Å². The molecule has 25 heavy (non-hydrogen) atoms. The van der Waals surface area contributed by atoms with Crippen LogP contribution in [0.3, 0.4) is 0 Å². The van der Waals surface area contributed by atoms with Crippen molar-refractivity contribution in [1.82, 2.24) is 15.0 Å². The van der Waals surface area contributed by atoms with Crippen LogP contribution in [0.1, 0.15) is 26.3 Å². The van der Waals surface area contributed by atoms with Gasteiger partial charge in [-0.05, 0) is 31.5 Å². The molecule has 0 fully saturated rings. The van der Waals surface area contributed by atoms with Crippen LogP contribution in [-0.2, 0) is 11.2 Å². The average Bonchev–Trinajstić information content (AvgIpc) is 3.21. The van der Waals surface area contributed by atoms with Crippen LogP contribution in [0, 0.1) is 6.92 Å². The Bertz CT molecular complexity index is 1000. The summed E-state index contributed by atoms with van der Waals surface area (Å²) in [5, 5.41) is 3.00. The van der Waals surface area contributed by atoms with Crippen LogP contribution < -0.4 is 16.3 Å². The van der Waals surface area contributed by atoms with Gasteiger partial charge in [0, 0.05) is 9.75 Å². The molecule has 0 aromatic carbocycles. The number of rotatable bonds is 5. The zero-order valence-corrected chi connectivity index (χ0v) is 15.3. The fourth-order valence-corrected chi connectivity index (χ4v) is 3.91. The minimum Gasteiger partial charge on any atom is -0.342 e. The zero-order chi connectivity index (χ0) is 18.0. The number of carbonyl (C=O) groups is 2. The highest BCUT2D eigenvalue weighted by molar-refractivity contribution is 7.18. The summed E-state index contributed by atoms with van der Waals surface area (Å²) in [4.78, 5) is 43.8. The van der Waals surface area contributed by atoms with Gasteiger partial charge in [0.1, 0.15) is 11.2 Å². The molecule has 9 heteroatoms. The van der Waals surface area contributed by atoms with E-state index in [0.29, 0.717) is 15.1 Å². The van der Waals surface area contributed by atoms with E-state index in [-0.39, 0.29) is 18.0 Å². The van der Waals surface area contributed by atoms with Crippen molar-refractivity contribution in [3.05, 3.63) is 49.5 Å². The van der Waals surface area contributed by atoms with Crippen LogP contribution in [0.4, 0.5) is 0 Å². The van der Waals surface area contributed by atoms with Gasteiger partial charge in [0.25, 0.3) is 17.4 Å². The number of fused-ring (bicyclic) bond motifs is 1.